The molecule has 0 aliphatic carbocycles. The van der Waals surface area contributed by atoms with E-state index in [1.54, 1.807) is 4.90 Å². The molecule has 6 nitrogen and oxygen atoms in total. The first-order valence-corrected chi connectivity index (χ1v) is 7.84. The van der Waals surface area contributed by atoms with Gasteiger partial charge in [0.15, 0.2) is 0 Å². The Morgan fingerprint density at radius 3 is 2.91 bits per heavy atom. The maximum absolute atomic E-state index is 11.5. The van der Waals surface area contributed by atoms with Gasteiger partial charge >= 0.3 is 6.09 Å². The first kappa shape index (κ1) is 15.6. The summed E-state index contributed by atoms with van der Waals surface area (Å²) in [6, 6.07) is 10.5. The smallest absolute Gasteiger partial charge is 0.409 e. The van der Waals surface area contributed by atoms with Crippen LogP contribution in [0.25, 0.3) is 5.69 Å². The number of aryl methyl sites for hydroxylation is 1. The molecule has 0 radical (unpaired) electrons. The Hall–Kier alpha value is -2.34. The van der Waals surface area contributed by atoms with Crippen molar-refractivity contribution in [1.82, 2.24) is 19.8 Å². The predicted octanol–water partition coefficient (Wildman–Crippen LogP) is 2.11. The van der Waals surface area contributed by atoms with Crippen molar-refractivity contribution in [3.63, 3.8) is 0 Å². The van der Waals surface area contributed by atoms with Crippen molar-refractivity contribution in [1.29, 1.82) is 0 Å². The lowest BCUT2D eigenvalue weighted by Crippen LogP contribution is -2.35. The maximum Gasteiger partial charge on any atom is 0.409 e. The maximum atomic E-state index is 11.5. The van der Waals surface area contributed by atoms with Gasteiger partial charge in [-0.15, -0.1) is 0 Å². The Bertz CT molecular complexity index is 668. The van der Waals surface area contributed by atoms with Gasteiger partial charge in [0.1, 0.15) is 5.82 Å². The Morgan fingerprint density at radius 2 is 2.17 bits per heavy atom. The number of aromatic nitrogens is 2. The van der Waals surface area contributed by atoms with E-state index >= 15 is 0 Å². The molecule has 2 aromatic rings. The van der Waals surface area contributed by atoms with E-state index in [9.17, 15) is 4.79 Å². The molecule has 1 aromatic carbocycles. The summed E-state index contributed by atoms with van der Waals surface area (Å²) in [6.07, 6.45) is 2.59. The van der Waals surface area contributed by atoms with Gasteiger partial charge < -0.3 is 15.0 Å². The molecule has 1 aliphatic heterocycles. The molecular weight excluding hydrogens is 292 g/mol. The fourth-order valence-electron chi connectivity index (χ4n) is 3.02. The highest BCUT2D eigenvalue weighted by atomic mass is 16.5. The number of nitrogens with zero attached hydrogens (tertiary/aromatic N) is 3. The van der Waals surface area contributed by atoms with Crippen molar-refractivity contribution in [2.45, 2.75) is 25.9 Å². The Kier molecular flexibility index (Phi) is 4.62. The summed E-state index contributed by atoms with van der Waals surface area (Å²) in [4.78, 5) is 17.7. The van der Waals surface area contributed by atoms with Crippen LogP contribution in [0.2, 0.25) is 0 Å². The molecule has 3 rings (SSSR count). The summed E-state index contributed by atoms with van der Waals surface area (Å²) in [5.74, 6) is 0.968. The number of carbonyl (C=O) groups is 1. The van der Waals surface area contributed by atoms with E-state index in [0.29, 0.717) is 6.54 Å². The van der Waals surface area contributed by atoms with Gasteiger partial charge in [-0.25, -0.2) is 9.78 Å². The van der Waals surface area contributed by atoms with Crippen molar-refractivity contribution in [2.24, 2.45) is 0 Å². The van der Waals surface area contributed by atoms with Crippen LogP contribution in [-0.2, 0) is 11.3 Å². The fraction of sp³-hybridized carbons (Fsp3) is 0.412. The highest BCUT2D eigenvalue weighted by Gasteiger charge is 2.26. The number of imidazole rings is 1. The molecule has 1 aromatic heterocycles. The number of carbonyl (C=O) groups excluding carboxylic acids is 1. The molecule has 1 N–H and O–H groups in total. The molecule has 0 spiro atoms. The van der Waals surface area contributed by atoms with Gasteiger partial charge in [-0.05, 0) is 25.5 Å². The average molecular weight is 314 g/mol. The minimum Gasteiger partial charge on any atom is -0.453 e. The van der Waals surface area contributed by atoms with Gasteiger partial charge in [0.05, 0.1) is 19.0 Å². The van der Waals surface area contributed by atoms with Crippen LogP contribution in [0.3, 0.4) is 0 Å². The molecule has 23 heavy (non-hydrogen) atoms. The van der Waals surface area contributed by atoms with E-state index < -0.39 is 0 Å². The minimum absolute atomic E-state index is 0.250. The third-order valence-electron chi connectivity index (χ3n) is 4.22. The van der Waals surface area contributed by atoms with Crippen LogP contribution in [0.5, 0.6) is 0 Å². The predicted molar refractivity (Wildman–Crippen MR) is 87.5 cm³/mol. The molecular formula is C17H22N4O2. The van der Waals surface area contributed by atoms with Gasteiger partial charge in [0, 0.05) is 31.4 Å². The van der Waals surface area contributed by atoms with Crippen LogP contribution in [0.4, 0.5) is 4.79 Å². The number of nitrogens with one attached hydrogen (secondary N) is 1. The molecule has 1 atom stereocenters. The zero-order chi connectivity index (χ0) is 16.2. The first-order chi connectivity index (χ1) is 11.2. The minimum atomic E-state index is -0.250. The summed E-state index contributed by atoms with van der Waals surface area (Å²) >= 11 is 0. The highest BCUT2D eigenvalue weighted by Crippen LogP contribution is 2.16. The Labute approximate surface area is 136 Å². The zero-order valence-electron chi connectivity index (χ0n) is 13.5. The van der Waals surface area contributed by atoms with Crippen LogP contribution in [0.1, 0.15) is 17.9 Å². The second kappa shape index (κ2) is 6.83. The normalized spacial score (nSPS) is 17.5. The third kappa shape index (κ3) is 3.37. The van der Waals surface area contributed by atoms with E-state index in [-0.39, 0.29) is 12.1 Å². The van der Waals surface area contributed by atoms with Crippen LogP contribution in [0.15, 0.2) is 36.5 Å². The topological polar surface area (TPSA) is 59.4 Å². The summed E-state index contributed by atoms with van der Waals surface area (Å²) in [5.41, 5.74) is 2.23. The van der Waals surface area contributed by atoms with Crippen molar-refractivity contribution < 1.29 is 9.53 Å². The number of hydrogen-bond donors (Lipinski definition) is 1. The number of methoxy groups -OCH3 is 1. The van der Waals surface area contributed by atoms with Crippen molar-refractivity contribution in [3.05, 3.63) is 48.0 Å². The van der Waals surface area contributed by atoms with Crippen LogP contribution < -0.4 is 5.32 Å². The summed E-state index contributed by atoms with van der Waals surface area (Å²) in [5, 5.41) is 3.52. The largest absolute Gasteiger partial charge is 0.453 e. The number of benzene rings is 1. The molecule has 0 bridgehead atoms. The molecule has 1 amide bonds. The third-order valence-corrected chi connectivity index (χ3v) is 4.22. The molecule has 6 heteroatoms. The fourth-order valence-corrected chi connectivity index (χ4v) is 3.02. The van der Waals surface area contributed by atoms with Gasteiger partial charge in [0.25, 0.3) is 0 Å². The Morgan fingerprint density at radius 1 is 1.39 bits per heavy atom. The van der Waals surface area contributed by atoms with E-state index in [0.717, 1.165) is 36.7 Å². The molecule has 0 saturated carbocycles. The highest BCUT2D eigenvalue weighted by molar-refractivity contribution is 5.67. The van der Waals surface area contributed by atoms with Crippen LogP contribution in [0, 0.1) is 6.92 Å². The summed E-state index contributed by atoms with van der Waals surface area (Å²) < 4.78 is 6.92. The van der Waals surface area contributed by atoms with Crippen molar-refractivity contribution in [2.75, 3.05) is 20.2 Å². The van der Waals surface area contributed by atoms with E-state index in [4.69, 9.17) is 4.74 Å². The number of para-hydroxylation sites is 1. The molecule has 2 heterocycles. The van der Waals surface area contributed by atoms with Gasteiger partial charge in [-0.1, -0.05) is 18.2 Å². The lowest BCUT2D eigenvalue weighted by Gasteiger charge is -2.16. The van der Waals surface area contributed by atoms with E-state index in [1.165, 1.54) is 7.11 Å². The van der Waals surface area contributed by atoms with Gasteiger partial charge in [0.2, 0.25) is 0 Å². The van der Waals surface area contributed by atoms with Crippen molar-refractivity contribution in [3.8, 4) is 5.69 Å². The molecule has 1 aliphatic rings. The second-order valence-corrected chi connectivity index (χ2v) is 5.75. The Balaban J connectivity index is 1.65. The number of rotatable bonds is 4. The first-order valence-electron chi connectivity index (χ1n) is 7.84. The van der Waals surface area contributed by atoms with Crippen LogP contribution in [-0.4, -0.2) is 46.8 Å². The lowest BCUT2D eigenvalue weighted by atomic mass is 10.2. The quantitative estimate of drug-likeness (QED) is 0.939. The SMILES string of the molecule is COC(=O)N1CC[C@H](NCc2cnc(C)n2-c2ccccc2)C1. The molecule has 1 fully saturated rings. The summed E-state index contributed by atoms with van der Waals surface area (Å²) in [7, 11) is 1.42. The average Bonchev–Trinajstić information content (AvgIpc) is 3.19. The number of ether oxygens (including phenoxy) is 1. The molecule has 0 unspecified atom stereocenters. The zero-order valence-corrected chi connectivity index (χ0v) is 13.5. The lowest BCUT2D eigenvalue weighted by molar-refractivity contribution is 0.132. The standard InChI is InChI=1S/C17H22N4O2/c1-13-18-10-16(21(13)15-6-4-3-5-7-15)11-19-14-8-9-20(12-14)17(22)23-2/h3-7,10,14,19H,8-9,11-12H2,1-2H3/t14-/m0/s1. The van der Waals surface area contributed by atoms with E-state index in [2.05, 4.69) is 27.0 Å². The number of amides is 1. The number of hydrogen-bond acceptors (Lipinski definition) is 4. The molecule has 122 valence electrons. The molecule has 1 saturated heterocycles. The van der Waals surface area contributed by atoms with Gasteiger partial charge in [-0.3, -0.25) is 4.57 Å². The van der Waals surface area contributed by atoms with Crippen molar-refractivity contribution >= 4 is 6.09 Å². The summed E-state index contributed by atoms with van der Waals surface area (Å²) in [6.45, 7) is 4.15. The number of likely N-dealkylation sites (tertiary alicyclic amines) is 1. The van der Waals surface area contributed by atoms with Gasteiger partial charge in [-0.2, -0.15) is 0 Å². The van der Waals surface area contributed by atoms with Crippen LogP contribution >= 0.6 is 0 Å². The second-order valence-electron chi connectivity index (χ2n) is 5.75. The van der Waals surface area contributed by atoms with E-state index in [1.807, 2.05) is 31.3 Å². The monoisotopic (exact) mass is 314 g/mol.